The van der Waals surface area contributed by atoms with E-state index in [0.717, 1.165) is 0 Å². The minimum atomic E-state index is -1.28. The number of hydrogen-bond acceptors (Lipinski definition) is 10. The van der Waals surface area contributed by atoms with Crippen LogP contribution in [0, 0.1) is 0 Å². The number of hydrazine groups is 1. The van der Waals surface area contributed by atoms with Gasteiger partial charge in [-0.2, -0.15) is 5.01 Å². The van der Waals surface area contributed by atoms with Gasteiger partial charge in [-0.05, 0) is 74.4 Å². The summed E-state index contributed by atoms with van der Waals surface area (Å²) >= 11 is 0. The Morgan fingerprint density at radius 3 is 1.56 bits per heavy atom. The third kappa shape index (κ3) is 9.74. The van der Waals surface area contributed by atoms with Crippen LogP contribution in [-0.4, -0.2) is 87.6 Å². The van der Waals surface area contributed by atoms with E-state index in [2.05, 4.69) is 5.32 Å². The number of fused-ring (bicyclic) bond motifs is 1. The number of benzene rings is 1. The highest BCUT2D eigenvalue weighted by Crippen LogP contribution is 2.22. The molecule has 41 heavy (non-hydrogen) atoms. The first-order valence-corrected chi connectivity index (χ1v) is 12.8. The number of nitrogens with zero attached hydrogens (tertiary/aromatic N) is 3. The quantitative estimate of drug-likeness (QED) is 0.228. The molecule has 2 rings (SSSR count). The third-order valence-corrected chi connectivity index (χ3v) is 4.67. The van der Waals surface area contributed by atoms with Crippen LogP contribution >= 0.6 is 0 Å². The maximum atomic E-state index is 13.1. The number of carbonyl (C=O) groups is 6. The van der Waals surface area contributed by atoms with Gasteiger partial charge in [-0.25, -0.2) is 14.4 Å². The Hall–Kier alpha value is -4.20. The number of carbonyl (C=O) groups excluding carboxylic acids is 6. The highest BCUT2D eigenvalue weighted by atomic mass is 16.7. The van der Waals surface area contributed by atoms with Crippen LogP contribution in [0.25, 0.3) is 0 Å². The predicted molar refractivity (Wildman–Crippen MR) is 143 cm³/mol. The number of amides is 6. The third-order valence-electron chi connectivity index (χ3n) is 4.67. The van der Waals surface area contributed by atoms with Gasteiger partial charge < -0.3 is 19.5 Å². The van der Waals surface area contributed by atoms with Crippen molar-refractivity contribution in [1.29, 1.82) is 0 Å². The van der Waals surface area contributed by atoms with E-state index in [9.17, 15) is 28.8 Å². The summed E-state index contributed by atoms with van der Waals surface area (Å²) in [5, 5.41) is 3.76. The van der Waals surface area contributed by atoms with Crippen LogP contribution in [0.4, 0.5) is 14.4 Å². The number of imide groups is 2. The van der Waals surface area contributed by atoms with Gasteiger partial charge in [-0.15, -0.1) is 10.1 Å². The van der Waals surface area contributed by atoms with Crippen molar-refractivity contribution < 1.29 is 47.8 Å². The largest absolute Gasteiger partial charge is 0.442 e. The average Bonchev–Trinajstić information content (AvgIpc) is 3.02. The molecular formula is C27H38N4O10. The zero-order valence-electron chi connectivity index (χ0n) is 24.9. The molecule has 1 aliphatic heterocycles. The molecule has 0 spiro atoms. The molecule has 0 unspecified atom stereocenters. The molecule has 1 N–H and O–H groups in total. The molecule has 14 heteroatoms. The summed E-state index contributed by atoms with van der Waals surface area (Å²) in [5.41, 5.74) is -2.81. The Labute approximate surface area is 238 Å². The van der Waals surface area contributed by atoms with E-state index >= 15 is 0 Å². The minimum absolute atomic E-state index is 0.193. The first-order valence-electron chi connectivity index (χ1n) is 12.8. The smallest absolute Gasteiger partial charge is 0.439 e. The molecule has 1 aromatic rings. The van der Waals surface area contributed by atoms with Crippen molar-refractivity contribution in [2.24, 2.45) is 0 Å². The second-order valence-electron chi connectivity index (χ2n) is 11.9. The minimum Gasteiger partial charge on any atom is -0.442 e. The van der Waals surface area contributed by atoms with Gasteiger partial charge in [0.1, 0.15) is 23.3 Å². The molecule has 1 heterocycles. The van der Waals surface area contributed by atoms with E-state index in [1.165, 1.54) is 12.1 Å². The van der Waals surface area contributed by atoms with Crippen LogP contribution < -0.4 is 5.32 Å². The Morgan fingerprint density at radius 1 is 0.732 bits per heavy atom. The predicted octanol–water partition coefficient (Wildman–Crippen LogP) is 3.65. The van der Waals surface area contributed by atoms with Crippen molar-refractivity contribution in [3.8, 4) is 0 Å². The summed E-state index contributed by atoms with van der Waals surface area (Å²) in [6.45, 7) is 12.6. The summed E-state index contributed by atoms with van der Waals surface area (Å²) in [5.74, 6) is -2.12. The van der Waals surface area contributed by atoms with Crippen molar-refractivity contribution in [3.63, 3.8) is 0 Å². The SMILES string of the molecule is CC(C)(C)OC(=O)N(CC(=O)NCCON1C(=O)c2ccccc2C1=O)N(C(=O)OC(C)(C)C)C(=O)OC(C)(C)C. The second kappa shape index (κ2) is 12.5. The van der Waals surface area contributed by atoms with Gasteiger partial charge in [0, 0.05) is 6.54 Å². The maximum absolute atomic E-state index is 13.1. The summed E-state index contributed by atoms with van der Waals surface area (Å²) in [4.78, 5) is 82.2. The topological polar surface area (TPSA) is 161 Å². The van der Waals surface area contributed by atoms with Crippen LogP contribution in [-0.2, 0) is 23.8 Å². The molecule has 6 amide bonds. The molecule has 0 aliphatic carbocycles. The van der Waals surface area contributed by atoms with Crippen molar-refractivity contribution in [1.82, 2.24) is 20.4 Å². The van der Waals surface area contributed by atoms with Gasteiger partial charge in [0.05, 0.1) is 17.7 Å². The molecule has 1 aliphatic rings. The Morgan fingerprint density at radius 2 is 1.15 bits per heavy atom. The van der Waals surface area contributed by atoms with Crippen LogP contribution in [0.2, 0.25) is 0 Å². The lowest BCUT2D eigenvalue weighted by Crippen LogP contribution is -2.58. The normalized spacial score (nSPS) is 13.3. The highest BCUT2D eigenvalue weighted by molar-refractivity contribution is 6.20. The Bertz CT molecular complexity index is 1130. The molecule has 0 fully saturated rings. The molecule has 0 bridgehead atoms. The fraction of sp³-hybridized carbons (Fsp3) is 0.556. The number of hydroxylamine groups is 2. The molecule has 0 radical (unpaired) electrons. The van der Waals surface area contributed by atoms with E-state index in [-0.39, 0.29) is 29.3 Å². The number of rotatable bonds is 6. The van der Waals surface area contributed by atoms with Gasteiger partial charge >= 0.3 is 18.3 Å². The number of nitrogens with one attached hydrogen (secondary N) is 1. The fourth-order valence-corrected chi connectivity index (χ4v) is 3.22. The standard InChI is InChI=1S/C27H38N4O10/c1-25(2,3)39-22(35)29(30(23(36)40-26(4,5)6)24(37)41-27(7,8)9)16-19(32)28-14-15-38-31-20(33)17-12-10-11-13-18(17)21(31)34/h10-13H,14-16H2,1-9H3,(H,28,32). The zero-order valence-corrected chi connectivity index (χ0v) is 24.9. The molecule has 1 aromatic carbocycles. The van der Waals surface area contributed by atoms with E-state index in [4.69, 9.17) is 19.0 Å². The van der Waals surface area contributed by atoms with Gasteiger partial charge in [0.15, 0.2) is 0 Å². The Kier molecular flexibility index (Phi) is 10.1. The van der Waals surface area contributed by atoms with Crippen molar-refractivity contribution in [2.75, 3.05) is 19.7 Å². The first kappa shape index (κ1) is 33.0. The molecule has 0 saturated heterocycles. The lowest BCUT2D eigenvalue weighted by Gasteiger charge is -2.35. The van der Waals surface area contributed by atoms with E-state index < -0.39 is 59.3 Å². The Balaban J connectivity index is 2.17. The fourth-order valence-electron chi connectivity index (χ4n) is 3.22. The summed E-state index contributed by atoms with van der Waals surface area (Å²) in [7, 11) is 0. The lowest BCUT2D eigenvalue weighted by atomic mass is 10.1. The molecular weight excluding hydrogens is 540 g/mol. The van der Waals surface area contributed by atoms with Crippen LogP contribution in [0.3, 0.4) is 0 Å². The van der Waals surface area contributed by atoms with Crippen LogP contribution in [0.1, 0.15) is 83.0 Å². The highest BCUT2D eigenvalue weighted by Gasteiger charge is 2.41. The zero-order chi connectivity index (χ0) is 31.3. The van der Waals surface area contributed by atoms with Gasteiger partial charge in [0.2, 0.25) is 5.91 Å². The van der Waals surface area contributed by atoms with E-state index in [1.54, 1.807) is 74.4 Å². The van der Waals surface area contributed by atoms with Gasteiger partial charge in [0.25, 0.3) is 11.8 Å². The van der Waals surface area contributed by atoms with Gasteiger partial charge in [-0.3, -0.25) is 19.2 Å². The van der Waals surface area contributed by atoms with Crippen molar-refractivity contribution in [2.45, 2.75) is 79.1 Å². The number of ether oxygens (including phenoxy) is 3. The van der Waals surface area contributed by atoms with E-state index in [0.29, 0.717) is 10.1 Å². The van der Waals surface area contributed by atoms with Gasteiger partial charge in [-0.1, -0.05) is 12.1 Å². The summed E-state index contributed by atoms with van der Waals surface area (Å²) < 4.78 is 15.9. The summed E-state index contributed by atoms with van der Waals surface area (Å²) in [6.07, 6.45) is -3.76. The van der Waals surface area contributed by atoms with Crippen LogP contribution in [0.15, 0.2) is 24.3 Å². The lowest BCUT2D eigenvalue weighted by molar-refractivity contribution is -0.127. The van der Waals surface area contributed by atoms with Crippen LogP contribution in [0.5, 0.6) is 0 Å². The first-order chi connectivity index (χ1) is 18.7. The van der Waals surface area contributed by atoms with Crippen molar-refractivity contribution in [3.05, 3.63) is 35.4 Å². The molecule has 226 valence electrons. The second-order valence-corrected chi connectivity index (χ2v) is 11.9. The van der Waals surface area contributed by atoms with E-state index in [1.807, 2.05) is 0 Å². The average molecular weight is 579 g/mol. The van der Waals surface area contributed by atoms with Crippen molar-refractivity contribution >= 4 is 36.0 Å². The number of hydrogen-bond donors (Lipinski definition) is 1. The molecule has 0 atom stereocenters. The molecule has 0 saturated carbocycles. The molecule has 14 nitrogen and oxygen atoms in total. The monoisotopic (exact) mass is 578 g/mol. The maximum Gasteiger partial charge on any atom is 0.439 e. The molecule has 0 aromatic heterocycles. The summed E-state index contributed by atoms with van der Waals surface area (Å²) in [6, 6.07) is 6.21.